The molecule has 12 heavy (non-hydrogen) atoms. The number of aliphatic hydroxyl groups is 3. The van der Waals surface area contributed by atoms with Gasteiger partial charge in [0.2, 0.25) is 0 Å². The number of hydrogen-bond donors (Lipinski definition) is 3. The lowest BCUT2D eigenvalue weighted by Gasteiger charge is -2.38. The van der Waals surface area contributed by atoms with Crippen molar-refractivity contribution in [2.45, 2.75) is 37.6 Å². The van der Waals surface area contributed by atoms with Crippen molar-refractivity contribution in [3.63, 3.8) is 0 Å². The lowest BCUT2D eigenvalue weighted by atomic mass is 10.00. The quantitative estimate of drug-likeness (QED) is 0.453. The van der Waals surface area contributed by atoms with Gasteiger partial charge in [0.25, 0.3) is 0 Å². The van der Waals surface area contributed by atoms with E-state index < -0.39 is 30.7 Å². The van der Waals surface area contributed by atoms with Gasteiger partial charge in [-0.2, -0.15) is 0 Å². The van der Waals surface area contributed by atoms with Crippen molar-refractivity contribution in [2.24, 2.45) is 0 Å². The first-order valence-corrected chi connectivity index (χ1v) is 3.80. The maximum atomic E-state index is 9.36. The largest absolute Gasteiger partial charge is 0.388 e. The Morgan fingerprint density at radius 2 is 1.75 bits per heavy atom. The Kier molecular flexibility index (Phi) is 3.03. The highest BCUT2D eigenvalue weighted by molar-refractivity contribution is 4.87. The van der Waals surface area contributed by atoms with Crippen molar-refractivity contribution < 1.29 is 24.8 Å². The van der Waals surface area contributed by atoms with Gasteiger partial charge in [-0.15, -0.1) is 0 Å². The first kappa shape index (κ1) is 9.88. The van der Waals surface area contributed by atoms with Crippen LogP contribution >= 0.6 is 0 Å². The predicted molar refractivity (Wildman–Crippen MR) is 39.4 cm³/mol. The third-order valence-corrected chi connectivity index (χ3v) is 2.07. The summed E-state index contributed by atoms with van der Waals surface area (Å²) in [5.41, 5.74) is 0. The molecule has 1 rings (SSSR count). The summed E-state index contributed by atoms with van der Waals surface area (Å²) in [5, 5.41) is 27.9. The minimum Gasteiger partial charge on any atom is -0.388 e. The SMILES string of the molecule is CO[C@@H]1[C@H](O)[C@H](O)[C@@H](C)O[C@H]1O. The Balaban J connectivity index is 2.65. The Morgan fingerprint density at radius 1 is 1.17 bits per heavy atom. The van der Waals surface area contributed by atoms with Crippen LogP contribution in [0.3, 0.4) is 0 Å². The van der Waals surface area contributed by atoms with Crippen LogP contribution in [0.4, 0.5) is 0 Å². The zero-order valence-corrected chi connectivity index (χ0v) is 7.04. The van der Waals surface area contributed by atoms with Crippen molar-refractivity contribution in [1.29, 1.82) is 0 Å². The van der Waals surface area contributed by atoms with Crippen molar-refractivity contribution in [3.05, 3.63) is 0 Å². The average molecular weight is 178 g/mol. The van der Waals surface area contributed by atoms with E-state index in [-0.39, 0.29) is 0 Å². The van der Waals surface area contributed by atoms with Gasteiger partial charge in [-0.25, -0.2) is 0 Å². The molecule has 1 aliphatic rings. The Bertz CT molecular complexity index is 151. The molecule has 0 unspecified atom stereocenters. The van der Waals surface area contributed by atoms with Crippen LogP contribution in [-0.4, -0.2) is 53.1 Å². The fourth-order valence-corrected chi connectivity index (χ4v) is 1.27. The lowest BCUT2D eigenvalue weighted by molar-refractivity contribution is -0.283. The Hall–Kier alpha value is -0.200. The monoisotopic (exact) mass is 178 g/mol. The summed E-state index contributed by atoms with van der Waals surface area (Å²) in [7, 11) is 1.34. The predicted octanol–water partition coefficient (Wildman–Crippen LogP) is -1.54. The zero-order chi connectivity index (χ0) is 9.30. The standard InChI is InChI=1S/C7H14O5/c1-3-4(8)5(9)6(11-2)7(10)12-3/h3-10H,1-2H3/t3-,4-,5-,6-,7-/m1/s1. The lowest BCUT2D eigenvalue weighted by Crippen LogP contribution is -2.57. The summed E-state index contributed by atoms with van der Waals surface area (Å²) in [6, 6.07) is 0. The summed E-state index contributed by atoms with van der Waals surface area (Å²) in [4.78, 5) is 0. The van der Waals surface area contributed by atoms with E-state index in [1.165, 1.54) is 7.11 Å². The zero-order valence-electron chi connectivity index (χ0n) is 7.04. The van der Waals surface area contributed by atoms with Crippen LogP contribution in [-0.2, 0) is 9.47 Å². The van der Waals surface area contributed by atoms with E-state index in [0.717, 1.165) is 0 Å². The van der Waals surface area contributed by atoms with Gasteiger partial charge in [0.1, 0.15) is 18.3 Å². The molecular weight excluding hydrogens is 164 g/mol. The number of ether oxygens (including phenoxy) is 2. The van der Waals surface area contributed by atoms with E-state index in [0.29, 0.717) is 0 Å². The van der Waals surface area contributed by atoms with E-state index in [9.17, 15) is 15.3 Å². The highest BCUT2D eigenvalue weighted by atomic mass is 16.7. The molecule has 3 N–H and O–H groups in total. The van der Waals surface area contributed by atoms with Gasteiger partial charge >= 0.3 is 0 Å². The normalized spacial score (nSPS) is 49.2. The maximum Gasteiger partial charge on any atom is 0.184 e. The van der Waals surface area contributed by atoms with Gasteiger partial charge in [0.05, 0.1) is 6.10 Å². The molecule has 0 amide bonds. The molecule has 5 atom stereocenters. The van der Waals surface area contributed by atoms with Crippen LogP contribution in [0.2, 0.25) is 0 Å². The van der Waals surface area contributed by atoms with Gasteiger partial charge in [-0.3, -0.25) is 0 Å². The van der Waals surface area contributed by atoms with Crippen molar-refractivity contribution in [1.82, 2.24) is 0 Å². The second kappa shape index (κ2) is 3.68. The van der Waals surface area contributed by atoms with Crippen molar-refractivity contribution in [3.8, 4) is 0 Å². The maximum absolute atomic E-state index is 9.36. The molecular formula is C7H14O5. The fraction of sp³-hybridized carbons (Fsp3) is 1.00. The topological polar surface area (TPSA) is 79.2 Å². The molecule has 0 aromatic heterocycles. The minimum absolute atomic E-state index is 0.582. The van der Waals surface area contributed by atoms with Gasteiger partial charge in [-0.05, 0) is 6.92 Å². The van der Waals surface area contributed by atoms with E-state index >= 15 is 0 Å². The summed E-state index contributed by atoms with van der Waals surface area (Å²) in [6.45, 7) is 1.57. The van der Waals surface area contributed by atoms with E-state index in [2.05, 4.69) is 0 Å². The molecule has 0 aromatic carbocycles. The van der Waals surface area contributed by atoms with Crippen molar-refractivity contribution in [2.75, 3.05) is 7.11 Å². The molecule has 0 spiro atoms. The first-order chi connectivity index (χ1) is 5.57. The smallest absolute Gasteiger partial charge is 0.184 e. The summed E-state index contributed by atoms with van der Waals surface area (Å²) >= 11 is 0. The molecule has 0 aromatic rings. The van der Waals surface area contributed by atoms with Gasteiger partial charge < -0.3 is 24.8 Å². The third-order valence-electron chi connectivity index (χ3n) is 2.07. The molecule has 5 nitrogen and oxygen atoms in total. The Labute approximate surface area is 70.5 Å². The highest BCUT2D eigenvalue weighted by Crippen LogP contribution is 2.20. The fourth-order valence-electron chi connectivity index (χ4n) is 1.27. The second-order valence-electron chi connectivity index (χ2n) is 2.91. The molecule has 0 bridgehead atoms. The van der Waals surface area contributed by atoms with Crippen LogP contribution in [0.15, 0.2) is 0 Å². The summed E-state index contributed by atoms with van der Waals surface area (Å²) in [6.07, 6.45) is -4.76. The van der Waals surface area contributed by atoms with Crippen LogP contribution in [0, 0.1) is 0 Å². The number of methoxy groups -OCH3 is 1. The van der Waals surface area contributed by atoms with Crippen LogP contribution in [0.25, 0.3) is 0 Å². The van der Waals surface area contributed by atoms with E-state index in [1.807, 2.05) is 0 Å². The molecule has 1 aliphatic heterocycles. The van der Waals surface area contributed by atoms with Gasteiger partial charge in [0.15, 0.2) is 6.29 Å². The Morgan fingerprint density at radius 3 is 2.25 bits per heavy atom. The molecule has 0 radical (unpaired) electrons. The molecule has 1 fully saturated rings. The second-order valence-corrected chi connectivity index (χ2v) is 2.91. The molecule has 1 saturated heterocycles. The number of aliphatic hydroxyl groups excluding tert-OH is 3. The van der Waals surface area contributed by atoms with E-state index in [1.54, 1.807) is 6.92 Å². The summed E-state index contributed by atoms with van der Waals surface area (Å²) in [5.74, 6) is 0. The number of rotatable bonds is 1. The third kappa shape index (κ3) is 1.60. The van der Waals surface area contributed by atoms with Crippen molar-refractivity contribution >= 4 is 0 Å². The van der Waals surface area contributed by atoms with Gasteiger partial charge in [0, 0.05) is 7.11 Å². The molecule has 5 heteroatoms. The molecule has 0 aliphatic carbocycles. The van der Waals surface area contributed by atoms with Crippen LogP contribution < -0.4 is 0 Å². The first-order valence-electron chi connectivity index (χ1n) is 3.80. The van der Waals surface area contributed by atoms with E-state index in [4.69, 9.17) is 9.47 Å². The van der Waals surface area contributed by atoms with Gasteiger partial charge in [-0.1, -0.05) is 0 Å². The average Bonchev–Trinajstić information content (AvgIpc) is 2.01. The van der Waals surface area contributed by atoms with Crippen LogP contribution in [0.5, 0.6) is 0 Å². The molecule has 72 valence electrons. The van der Waals surface area contributed by atoms with Crippen LogP contribution in [0.1, 0.15) is 6.92 Å². The number of hydrogen-bond acceptors (Lipinski definition) is 5. The molecule has 1 heterocycles. The highest BCUT2D eigenvalue weighted by Gasteiger charge is 2.41. The minimum atomic E-state index is -1.18. The summed E-state index contributed by atoms with van der Waals surface area (Å²) < 4.78 is 9.64. The molecule has 0 saturated carbocycles.